The van der Waals surface area contributed by atoms with Crippen LogP contribution in [0.25, 0.3) is 0 Å². The molecule has 1 fully saturated rings. The van der Waals surface area contributed by atoms with Crippen LogP contribution in [0.1, 0.15) is 31.7 Å². The van der Waals surface area contributed by atoms with Crippen molar-refractivity contribution in [3.63, 3.8) is 0 Å². The van der Waals surface area contributed by atoms with Crippen molar-refractivity contribution < 1.29 is 4.79 Å². The summed E-state index contributed by atoms with van der Waals surface area (Å²) in [6.07, 6.45) is 3.12. The molecule has 1 saturated heterocycles. The van der Waals surface area contributed by atoms with Gasteiger partial charge in [0.15, 0.2) is 0 Å². The third-order valence-corrected chi connectivity index (χ3v) is 4.58. The highest BCUT2D eigenvalue weighted by atomic mass is 35.5. The van der Waals surface area contributed by atoms with E-state index in [9.17, 15) is 4.79 Å². The van der Waals surface area contributed by atoms with E-state index in [4.69, 9.17) is 23.2 Å². The Morgan fingerprint density at radius 3 is 2.70 bits per heavy atom. The molecule has 1 aromatic rings. The smallest absolute Gasteiger partial charge is 0.242 e. The first-order valence-corrected chi connectivity index (χ1v) is 7.62. The number of piperidine rings is 1. The van der Waals surface area contributed by atoms with Crippen LogP contribution in [-0.4, -0.2) is 29.9 Å². The second-order valence-corrected chi connectivity index (χ2v) is 6.44. The van der Waals surface area contributed by atoms with Gasteiger partial charge in [0.1, 0.15) is 0 Å². The summed E-state index contributed by atoms with van der Waals surface area (Å²) < 4.78 is 0. The van der Waals surface area contributed by atoms with Crippen molar-refractivity contribution in [2.45, 2.75) is 38.3 Å². The number of amides is 1. The van der Waals surface area contributed by atoms with E-state index in [2.05, 4.69) is 5.32 Å². The van der Waals surface area contributed by atoms with Crippen molar-refractivity contribution in [2.24, 2.45) is 0 Å². The van der Waals surface area contributed by atoms with Gasteiger partial charge in [-0.1, -0.05) is 29.3 Å². The van der Waals surface area contributed by atoms with Gasteiger partial charge < -0.3 is 10.2 Å². The van der Waals surface area contributed by atoms with Crippen molar-refractivity contribution in [2.75, 3.05) is 13.6 Å². The molecule has 1 atom stereocenters. The van der Waals surface area contributed by atoms with Gasteiger partial charge in [0.05, 0.1) is 15.6 Å². The Morgan fingerprint density at radius 1 is 1.35 bits per heavy atom. The van der Waals surface area contributed by atoms with Gasteiger partial charge in [0.2, 0.25) is 5.91 Å². The Bertz CT molecular complexity index is 499. The van der Waals surface area contributed by atoms with E-state index >= 15 is 0 Å². The second-order valence-electron chi connectivity index (χ2n) is 5.63. The average molecular weight is 315 g/mol. The molecular weight excluding hydrogens is 295 g/mol. The van der Waals surface area contributed by atoms with Crippen LogP contribution in [0.4, 0.5) is 0 Å². The van der Waals surface area contributed by atoms with Gasteiger partial charge in [-0.25, -0.2) is 0 Å². The monoisotopic (exact) mass is 314 g/mol. The zero-order valence-electron chi connectivity index (χ0n) is 11.9. The van der Waals surface area contributed by atoms with E-state index in [1.54, 1.807) is 11.0 Å². The molecule has 110 valence electrons. The van der Waals surface area contributed by atoms with Gasteiger partial charge >= 0.3 is 0 Å². The van der Waals surface area contributed by atoms with E-state index in [1.165, 1.54) is 0 Å². The van der Waals surface area contributed by atoms with Crippen molar-refractivity contribution in [3.05, 3.63) is 33.8 Å². The largest absolute Gasteiger partial charge is 0.340 e. The number of rotatable bonds is 3. The fraction of sp³-hybridized carbons (Fsp3) is 0.533. The lowest BCUT2D eigenvalue weighted by molar-refractivity contribution is -0.137. The normalized spacial score (nSPS) is 22.6. The molecule has 1 heterocycles. The van der Waals surface area contributed by atoms with Crippen LogP contribution in [0.3, 0.4) is 0 Å². The van der Waals surface area contributed by atoms with Gasteiger partial charge in [-0.3, -0.25) is 4.79 Å². The highest BCUT2D eigenvalue weighted by molar-refractivity contribution is 6.42. The molecule has 0 radical (unpaired) electrons. The lowest BCUT2D eigenvalue weighted by Gasteiger charge is -2.36. The first kappa shape index (κ1) is 15.6. The second kappa shape index (κ2) is 6.33. The number of hydrogen-bond acceptors (Lipinski definition) is 2. The van der Waals surface area contributed by atoms with Gasteiger partial charge in [-0.05, 0) is 50.4 Å². The standard InChI is InChI=1S/C15H20Cl2N2O/c1-15(7-3-4-8-18-15)14(20)19(2)10-11-5-6-12(16)13(17)9-11/h5-6,9,18H,3-4,7-8,10H2,1-2H3. The summed E-state index contributed by atoms with van der Waals surface area (Å²) in [5.74, 6) is 0.128. The van der Waals surface area contributed by atoms with Crippen molar-refractivity contribution in [3.8, 4) is 0 Å². The molecule has 0 saturated carbocycles. The van der Waals surface area contributed by atoms with Gasteiger partial charge in [0.25, 0.3) is 0 Å². The molecule has 1 unspecified atom stereocenters. The molecule has 0 spiro atoms. The zero-order chi connectivity index (χ0) is 14.8. The number of carbonyl (C=O) groups is 1. The summed E-state index contributed by atoms with van der Waals surface area (Å²) in [5, 5.41) is 4.40. The average Bonchev–Trinajstić information content (AvgIpc) is 2.43. The van der Waals surface area contributed by atoms with Crippen LogP contribution in [0.2, 0.25) is 10.0 Å². The summed E-state index contributed by atoms with van der Waals surface area (Å²) in [5.41, 5.74) is 0.540. The molecular formula is C15H20Cl2N2O. The molecule has 1 N–H and O–H groups in total. The van der Waals surface area contributed by atoms with Crippen LogP contribution in [0, 0.1) is 0 Å². The Kier molecular flexibility index (Phi) is 4.95. The summed E-state index contributed by atoms with van der Waals surface area (Å²) in [7, 11) is 1.83. The molecule has 3 nitrogen and oxygen atoms in total. The summed E-state index contributed by atoms with van der Waals surface area (Å²) in [6.45, 7) is 3.43. The molecule has 1 aliphatic heterocycles. The summed E-state index contributed by atoms with van der Waals surface area (Å²) in [4.78, 5) is 14.3. The minimum Gasteiger partial charge on any atom is -0.340 e. The lowest BCUT2D eigenvalue weighted by Crippen LogP contribution is -2.57. The number of carbonyl (C=O) groups excluding carboxylic acids is 1. The third-order valence-electron chi connectivity index (χ3n) is 3.84. The molecule has 1 aliphatic rings. The SMILES string of the molecule is CN(Cc1ccc(Cl)c(Cl)c1)C(=O)C1(C)CCCCN1. The maximum absolute atomic E-state index is 12.6. The number of benzene rings is 1. The number of likely N-dealkylation sites (N-methyl/N-ethyl adjacent to an activating group) is 1. The molecule has 1 amide bonds. The molecule has 5 heteroatoms. The van der Waals surface area contributed by atoms with Crippen LogP contribution < -0.4 is 5.32 Å². The Hall–Kier alpha value is -0.770. The maximum atomic E-state index is 12.6. The van der Waals surface area contributed by atoms with Gasteiger partial charge in [-0.15, -0.1) is 0 Å². The van der Waals surface area contributed by atoms with Crippen LogP contribution >= 0.6 is 23.2 Å². The van der Waals surface area contributed by atoms with Crippen LogP contribution in [0.5, 0.6) is 0 Å². The Balaban J connectivity index is 2.05. The lowest BCUT2D eigenvalue weighted by atomic mass is 9.89. The van der Waals surface area contributed by atoms with Crippen molar-refractivity contribution >= 4 is 29.1 Å². The maximum Gasteiger partial charge on any atom is 0.242 e. The number of hydrogen-bond donors (Lipinski definition) is 1. The predicted molar refractivity (Wildman–Crippen MR) is 83.2 cm³/mol. The highest BCUT2D eigenvalue weighted by Gasteiger charge is 2.36. The highest BCUT2D eigenvalue weighted by Crippen LogP contribution is 2.25. The summed E-state index contributed by atoms with van der Waals surface area (Å²) in [6, 6.07) is 5.47. The van der Waals surface area contributed by atoms with Gasteiger partial charge in [0, 0.05) is 13.6 Å². The quantitative estimate of drug-likeness (QED) is 0.926. The first-order chi connectivity index (χ1) is 9.42. The zero-order valence-corrected chi connectivity index (χ0v) is 13.4. The van der Waals surface area contributed by atoms with E-state index in [1.807, 2.05) is 26.1 Å². The minimum absolute atomic E-state index is 0.128. The number of nitrogens with one attached hydrogen (secondary N) is 1. The molecule has 0 aromatic heterocycles. The van der Waals surface area contributed by atoms with Crippen molar-refractivity contribution in [1.82, 2.24) is 10.2 Å². The Labute approximate surface area is 130 Å². The molecule has 2 rings (SSSR count). The topological polar surface area (TPSA) is 32.3 Å². The van der Waals surface area contributed by atoms with Crippen LogP contribution in [-0.2, 0) is 11.3 Å². The fourth-order valence-corrected chi connectivity index (χ4v) is 2.96. The fourth-order valence-electron chi connectivity index (χ4n) is 2.64. The third kappa shape index (κ3) is 3.46. The number of halogens is 2. The van der Waals surface area contributed by atoms with E-state index in [0.717, 1.165) is 31.4 Å². The molecule has 20 heavy (non-hydrogen) atoms. The predicted octanol–water partition coefficient (Wildman–Crippen LogP) is 3.48. The van der Waals surface area contributed by atoms with Crippen LogP contribution in [0.15, 0.2) is 18.2 Å². The van der Waals surface area contributed by atoms with E-state index < -0.39 is 5.54 Å². The number of nitrogens with zero attached hydrogens (tertiary/aromatic N) is 1. The Morgan fingerprint density at radius 2 is 2.10 bits per heavy atom. The van der Waals surface area contributed by atoms with E-state index in [-0.39, 0.29) is 5.91 Å². The minimum atomic E-state index is -0.441. The van der Waals surface area contributed by atoms with E-state index in [0.29, 0.717) is 16.6 Å². The van der Waals surface area contributed by atoms with Gasteiger partial charge in [-0.2, -0.15) is 0 Å². The van der Waals surface area contributed by atoms with Crippen molar-refractivity contribution in [1.29, 1.82) is 0 Å². The molecule has 0 bridgehead atoms. The molecule has 1 aromatic carbocycles. The summed E-state index contributed by atoms with van der Waals surface area (Å²) >= 11 is 11.9. The first-order valence-electron chi connectivity index (χ1n) is 6.87. The molecule has 0 aliphatic carbocycles.